The van der Waals surface area contributed by atoms with E-state index in [-0.39, 0.29) is 24.0 Å². The zero-order chi connectivity index (χ0) is 14.6. The van der Waals surface area contributed by atoms with Crippen molar-refractivity contribution in [3.63, 3.8) is 0 Å². The standard InChI is InChI=1S/C13H24N2O3Si/c1-13(2,3)12(18-19(5)6)10-7-14-9-15(10)8-11(16)17-4/h7,9,12,19H,8H2,1-6H3. The first-order valence-corrected chi connectivity index (χ1v) is 9.26. The van der Waals surface area contributed by atoms with Gasteiger partial charge in [0, 0.05) is 0 Å². The average Bonchev–Trinajstić information content (AvgIpc) is 2.71. The Balaban J connectivity index is 3.03. The Kier molecular flexibility index (Phi) is 5.31. The van der Waals surface area contributed by atoms with Crippen LogP contribution in [0.2, 0.25) is 13.1 Å². The van der Waals surface area contributed by atoms with Crippen LogP contribution in [0.25, 0.3) is 0 Å². The van der Waals surface area contributed by atoms with E-state index >= 15 is 0 Å². The van der Waals surface area contributed by atoms with Crippen LogP contribution in [0.15, 0.2) is 12.5 Å². The number of hydrogen-bond acceptors (Lipinski definition) is 4. The van der Waals surface area contributed by atoms with Crippen LogP contribution in [0.5, 0.6) is 0 Å². The van der Waals surface area contributed by atoms with Crippen LogP contribution in [0.3, 0.4) is 0 Å². The minimum absolute atomic E-state index is 0.0504. The second-order valence-corrected chi connectivity index (χ2v) is 8.32. The van der Waals surface area contributed by atoms with Gasteiger partial charge in [-0.1, -0.05) is 20.8 Å². The Morgan fingerprint density at radius 2 is 2.11 bits per heavy atom. The monoisotopic (exact) mass is 284 g/mol. The molecule has 0 N–H and O–H groups in total. The molecule has 1 rings (SSSR count). The van der Waals surface area contributed by atoms with Crippen LogP contribution in [-0.4, -0.2) is 31.7 Å². The van der Waals surface area contributed by atoms with Crippen molar-refractivity contribution in [2.75, 3.05) is 7.11 Å². The number of ether oxygens (including phenoxy) is 1. The molecule has 0 aliphatic carbocycles. The zero-order valence-corrected chi connectivity index (χ0v) is 13.8. The number of rotatable bonds is 5. The molecule has 1 unspecified atom stereocenters. The van der Waals surface area contributed by atoms with Gasteiger partial charge in [0.25, 0.3) is 0 Å². The number of hydrogen-bond donors (Lipinski definition) is 0. The fourth-order valence-corrected chi connectivity index (χ4v) is 2.97. The van der Waals surface area contributed by atoms with E-state index in [4.69, 9.17) is 9.16 Å². The number of methoxy groups -OCH3 is 1. The molecule has 0 spiro atoms. The van der Waals surface area contributed by atoms with E-state index in [0.717, 1.165) is 5.69 Å². The Morgan fingerprint density at radius 3 is 2.58 bits per heavy atom. The first-order valence-electron chi connectivity index (χ1n) is 6.48. The quantitative estimate of drug-likeness (QED) is 0.614. The van der Waals surface area contributed by atoms with Gasteiger partial charge in [0.05, 0.1) is 31.4 Å². The number of nitrogens with zero attached hydrogens (tertiary/aromatic N) is 2. The van der Waals surface area contributed by atoms with E-state index in [1.54, 1.807) is 17.1 Å². The first-order chi connectivity index (χ1) is 8.75. The lowest BCUT2D eigenvalue weighted by molar-refractivity contribution is -0.141. The summed E-state index contributed by atoms with van der Waals surface area (Å²) in [6.07, 6.45) is 3.36. The average molecular weight is 284 g/mol. The number of imidazole rings is 1. The predicted octanol–water partition coefficient (Wildman–Crippen LogP) is 2.14. The lowest BCUT2D eigenvalue weighted by Gasteiger charge is -2.33. The van der Waals surface area contributed by atoms with E-state index in [9.17, 15) is 4.79 Å². The molecule has 5 nitrogen and oxygen atoms in total. The highest BCUT2D eigenvalue weighted by molar-refractivity contribution is 6.48. The van der Waals surface area contributed by atoms with Crippen LogP contribution in [0.4, 0.5) is 0 Å². The molecule has 1 heterocycles. The van der Waals surface area contributed by atoms with E-state index < -0.39 is 9.04 Å². The maximum atomic E-state index is 11.4. The molecule has 0 aliphatic rings. The highest BCUT2D eigenvalue weighted by Crippen LogP contribution is 2.36. The highest BCUT2D eigenvalue weighted by atomic mass is 28.3. The van der Waals surface area contributed by atoms with Crippen molar-refractivity contribution < 1.29 is 14.0 Å². The van der Waals surface area contributed by atoms with Gasteiger partial charge in [-0.2, -0.15) is 0 Å². The Labute approximate surface area is 116 Å². The molecule has 0 aromatic carbocycles. The molecule has 0 amide bonds. The van der Waals surface area contributed by atoms with Crippen LogP contribution >= 0.6 is 0 Å². The van der Waals surface area contributed by atoms with E-state index in [1.165, 1.54) is 7.11 Å². The molecular formula is C13H24N2O3Si. The molecule has 6 heteroatoms. The normalized spacial score (nSPS) is 13.6. The van der Waals surface area contributed by atoms with Crippen molar-refractivity contribution in [2.24, 2.45) is 5.41 Å². The lowest BCUT2D eigenvalue weighted by Crippen LogP contribution is -2.28. The number of carbonyl (C=O) groups is 1. The smallest absolute Gasteiger partial charge is 0.325 e. The number of aromatic nitrogens is 2. The summed E-state index contributed by atoms with van der Waals surface area (Å²) in [4.78, 5) is 15.6. The second kappa shape index (κ2) is 6.34. The third-order valence-electron chi connectivity index (χ3n) is 2.74. The fraction of sp³-hybridized carbons (Fsp3) is 0.692. The van der Waals surface area contributed by atoms with Gasteiger partial charge in [-0.05, 0) is 18.5 Å². The summed E-state index contributed by atoms with van der Waals surface area (Å²) in [6.45, 7) is 10.8. The van der Waals surface area contributed by atoms with Crippen molar-refractivity contribution in [1.29, 1.82) is 0 Å². The molecule has 0 radical (unpaired) electrons. The fourth-order valence-electron chi connectivity index (χ4n) is 1.87. The van der Waals surface area contributed by atoms with Crippen molar-refractivity contribution in [3.05, 3.63) is 18.2 Å². The van der Waals surface area contributed by atoms with Gasteiger partial charge in [-0.15, -0.1) is 0 Å². The third kappa shape index (κ3) is 4.47. The molecule has 19 heavy (non-hydrogen) atoms. The minimum Gasteiger partial charge on any atom is -0.468 e. The van der Waals surface area contributed by atoms with E-state index in [0.29, 0.717) is 0 Å². The largest absolute Gasteiger partial charge is 0.468 e. The molecular weight excluding hydrogens is 260 g/mol. The van der Waals surface area contributed by atoms with Gasteiger partial charge in [0.15, 0.2) is 9.04 Å². The molecule has 1 atom stereocenters. The topological polar surface area (TPSA) is 53.4 Å². The number of carbonyl (C=O) groups excluding carboxylic acids is 1. The SMILES string of the molecule is COC(=O)Cn1cncc1C(O[SiH](C)C)C(C)(C)C. The Bertz CT molecular complexity index is 424. The van der Waals surface area contributed by atoms with Gasteiger partial charge in [-0.3, -0.25) is 4.79 Å². The summed E-state index contributed by atoms with van der Waals surface area (Å²) >= 11 is 0. The van der Waals surface area contributed by atoms with Crippen molar-refractivity contribution in [1.82, 2.24) is 9.55 Å². The first kappa shape index (κ1) is 15.9. The summed E-state index contributed by atoms with van der Waals surface area (Å²) in [6, 6.07) is 0. The third-order valence-corrected chi connectivity index (χ3v) is 3.55. The van der Waals surface area contributed by atoms with E-state index in [2.05, 4.69) is 38.8 Å². The predicted molar refractivity (Wildman–Crippen MR) is 76.4 cm³/mol. The van der Waals surface area contributed by atoms with Crippen LogP contribution in [-0.2, 0) is 20.5 Å². The minimum atomic E-state index is -1.19. The molecule has 0 saturated carbocycles. The molecule has 1 aromatic rings. The van der Waals surface area contributed by atoms with Crippen LogP contribution < -0.4 is 0 Å². The van der Waals surface area contributed by atoms with Crippen molar-refractivity contribution in [3.8, 4) is 0 Å². The summed E-state index contributed by atoms with van der Waals surface area (Å²) in [5, 5.41) is 0. The van der Waals surface area contributed by atoms with Crippen molar-refractivity contribution >= 4 is 15.0 Å². The van der Waals surface area contributed by atoms with Gasteiger partial charge in [-0.25, -0.2) is 4.98 Å². The molecule has 1 aromatic heterocycles. The maximum Gasteiger partial charge on any atom is 0.325 e. The van der Waals surface area contributed by atoms with Gasteiger partial charge < -0.3 is 13.7 Å². The Morgan fingerprint density at radius 1 is 1.47 bits per heavy atom. The van der Waals surface area contributed by atoms with Crippen LogP contribution in [0.1, 0.15) is 32.6 Å². The molecule has 0 aliphatic heterocycles. The van der Waals surface area contributed by atoms with Gasteiger partial charge in [0.1, 0.15) is 6.54 Å². The molecule has 0 saturated heterocycles. The zero-order valence-electron chi connectivity index (χ0n) is 12.6. The lowest BCUT2D eigenvalue weighted by atomic mass is 9.87. The molecule has 0 fully saturated rings. The number of esters is 1. The van der Waals surface area contributed by atoms with E-state index in [1.807, 2.05) is 0 Å². The van der Waals surface area contributed by atoms with Crippen molar-refractivity contribution in [2.45, 2.75) is 46.5 Å². The van der Waals surface area contributed by atoms with Gasteiger partial charge >= 0.3 is 5.97 Å². The molecule has 108 valence electrons. The highest BCUT2D eigenvalue weighted by Gasteiger charge is 2.30. The van der Waals surface area contributed by atoms with Gasteiger partial charge in [0.2, 0.25) is 0 Å². The maximum absolute atomic E-state index is 11.4. The summed E-state index contributed by atoms with van der Waals surface area (Å²) in [5.41, 5.74) is 0.879. The molecule has 0 bridgehead atoms. The van der Waals surface area contributed by atoms with Crippen LogP contribution in [0, 0.1) is 5.41 Å². The Hall–Kier alpha value is -1.14. The summed E-state index contributed by atoms with van der Waals surface area (Å²) in [7, 11) is 0.193. The summed E-state index contributed by atoms with van der Waals surface area (Å²) in [5.74, 6) is -0.284. The second-order valence-electron chi connectivity index (χ2n) is 5.95. The summed E-state index contributed by atoms with van der Waals surface area (Å²) < 4.78 is 12.7.